The normalized spacial score (nSPS) is 10.2. The van der Waals surface area contributed by atoms with Gasteiger partial charge in [-0.1, -0.05) is 0 Å². The minimum absolute atomic E-state index is 0.0152. The molecule has 7 nitrogen and oxygen atoms in total. The Morgan fingerprint density at radius 1 is 1.19 bits per heavy atom. The van der Waals surface area contributed by atoms with Gasteiger partial charge in [0.05, 0.1) is 14.2 Å². The average molecular weight is 230 g/mol. The summed E-state index contributed by atoms with van der Waals surface area (Å²) in [6.07, 6.45) is 0. The van der Waals surface area contributed by atoms with Gasteiger partial charge in [-0.05, 0) is 0 Å². The van der Waals surface area contributed by atoms with E-state index in [9.17, 15) is 9.59 Å². The molecule has 0 aromatic carbocycles. The van der Waals surface area contributed by atoms with Crippen molar-refractivity contribution in [2.45, 2.75) is 13.7 Å². The smallest absolute Gasteiger partial charge is 0.342 e. The maximum Gasteiger partial charge on any atom is 0.342 e. The summed E-state index contributed by atoms with van der Waals surface area (Å²) < 4.78 is 16.9. The molecule has 0 bridgehead atoms. The van der Waals surface area contributed by atoms with E-state index in [0.29, 0.717) is 0 Å². The zero-order chi connectivity index (χ0) is 12.3. The van der Waals surface area contributed by atoms with Gasteiger partial charge in [0.2, 0.25) is 5.91 Å². The molecule has 1 aromatic heterocycles. The Bertz CT molecular complexity index is 445. The quantitative estimate of drug-likeness (QED) is 0.724. The van der Waals surface area contributed by atoms with Crippen LogP contribution in [-0.4, -0.2) is 36.4 Å². The Labute approximate surface area is 92.1 Å². The first-order chi connectivity index (χ1) is 7.58. The summed E-state index contributed by atoms with van der Waals surface area (Å²) in [5.41, 5.74) is -0.553. The predicted molar refractivity (Wildman–Crippen MR) is 55.1 cm³/mol. The lowest BCUT2D eigenvalue weighted by Crippen LogP contribution is -2.28. The van der Waals surface area contributed by atoms with E-state index in [1.807, 2.05) is 0 Å². The summed E-state index contributed by atoms with van der Waals surface area (Å²) in [5.74, 6) is -0.225. The Morgan fingerprint density at radius 2 is 1.75 bits per heavy atom. The van der Waals surface area contributed by atoms with E-state index in [-0.39, 0.29) is 18.5 Å². The summed E-state index contributed by atoms with van der Waals surface area (Å²) in [7, 11) is 4.17. The molecule has 0 aliphatic carbocycles. The van der Waals surface area contributed by atoms with Crippen molar-refractivity contribution >= 4 is 5.91 Å². The van der Waals surface area contributed by atoms with Crippen molar-refractivity contribution in [1.82, 2.24) is 9.13 Å². The highest BCUT2D eigenvalue weighted by Gasteiger charge is 2.23. The molecule has 0 atom stereocenters. The third kappa shape index (κ3) is 1.81. The zero-order valence-corrected chi connectivity index (χ0v) is 9.64. The number of rotatable bonds is 4. The zero-order valence-electron chi connectivity index (χ0n) is 9.64. The van der Waals surface area contributed by atoms with Crippen LogP contribution in [0.3, 0.4) is 0 Å². The van der Waals surface area contributed by atoms with Crippen LogP contribution in [0.15, 0.2) is 4.79 Å². The largest absolute Gasteiger partial charge is 0.478 e. The standard InChI is InChI=1S/C9H14N2O5/c1-6(12)11-8(16-4)7(15-3)10(5-14-2)9(11)13/h5H2,1-4H3. The molecule has 0 amide bonds. The van der Waals surface area contributed by atoms with Crippen molar-refractivity contribution in [3.8, 4) is 11.8 Å². The lowest BCUT2D eigenvalue weighted by Gasteiger charge is -2.05. The highest BCUT2D eigenvalue weighted by atomic mass is 16.5. The first-order valence-electron chi connectivity index (χ1n) is 4.51. The highest BCUT2D eigenvalue weighted by Crippen LogP contribution is 2.25. The molecule has 1 heterocycles. The van der Waals surface area contributed by atoms with Crippen LogP contribution in [0.2, 0.25) is 0 Å². The number of ether oxygens (including phenoxy) is 3. The van der Waals surface area contributed by atoms with Gasteiger partial charge in [0.25, 0.3) is 11.8 Å². The molecule has 0 fully saturated rings. The van der Waals surface area contributed by atoms with Crippen LogP contribution >= 0.6 is 0 Å². The molecule has 0 N–H and O–H groups in total. The van der Waals surface area contributed by atoms with Crippen molar-refractivity contribution in [3.05, 3.63) is 10.5 Å². The van der Waals surface area contributed by atoms with Gasteiger partial charge in [0, 0.05) is 14.0 Å². The molecule has 7 heteroatoms. The molecule has 0 aliphatic rings. The molecular weight excluding hydrogens is 216 g/mol. The van der Waals surface area contributed by atoms with Crippen LogP contribution in [0, 0.1) is 0 Å². The number of carbonyl (C=O) groups is 1. The van der Waals surface area contributed by atoms with Crippen LogP contribution in [0.4, 0.5) is 0 Å². The molecule has 16 heavy (non-hydrogen) atoms. The van der Waals surface area contributed by atoms with Gasteiger partial charge in [-0.15, -0.1) is 0 Å². The molecule has 1 aromatic rings. The van der Waals surface area contributed by atoms with Crippen LogP contribution in [-0.2, 0) is 11.5 Å². The SMILES string of the molecule is COCn1c(OC)c(OC)n(C(C)=O)c1=O. The van der Waals surface area contributed by atoms with Gasteiger partial charge in [-0.2, -0.15) is 4.57 Å². The van der Waals surface area contributed by atoms with Crippen molar-refractivity contribution in [3.63, 3.8) is 0 Å². The summed E-state index contributed by atoms with van der Waals surface area (Å²) in [6, 6.07) is 0. The second kappa shape index (κ2) is 4.84. The second-order valence-electron chi connectivity index (χ2n) is 3.00. The van der Waals surface area contributed by atoms with Crippen molar-refractivity contribution in [2.24, 2.45) is 0 Å². The first-order valence-corrected chi connectivity index (χ1v) is 4.51. The molecule has 0 spiro atoms. The molecule has 0 aliphatic heterocycles. The van der Waals surface area contributed by atoms with Crippen molar-refractivity contribution < 1.29 is 19.0 Å². The van der Waals surface area contributed by atoms with Crippen LogP contribution in [0.5, 0.6) is 11.8 Å². The Kier molecular flexibility index (Phi) is 3.73. The Balaban J connectivity index is 3.51. The van der Waals surface area contributed by atoms with E-state index in [4.69, 9.17) is 14.2 Å². The first kappa shape index (κ1) is 12.3. The molecule has 90 valence electrons. The highest BCUT2D eigenvalue weighted by molar-refractivity contribution is 5.78. The van der Waals surface area contributed by atoms with E-state index < -0.39 is 11.6 Å². The van der Waals surface area contributed by atoms with Crippen molar-refractivity contribution in [1.29, 1.82) is 0 Å². The molecule has 0 unspecified atom stereocenters. The summed E-state index contributed by atoms with van der Waals surface area (Å²) in [4.78, 5) is 23.1. The summed E-state index contributed by atoms with van der Waals surface area (Å²) in [5, 5.41) is 0. The third-order valence-electron chi connectivity index (χ3n) is 2.01. The fourth-order valence-electron chi connectivity index (χ4n) is 1.40. The van der Waals surface area contributed by atoms with Crippen LogP contribution < -0.4 is 15.2 Å². The molecular formula is C9H14N2O5. The number of hydrogen-bond donors (Lipinski definition) is 0. The van der Waals surface area contributed by atoms with E-state index in [1.165, 1.54) is 32.8 Å². The van der Waals surface area contributed by atoms with E-state index >= 15 is 0 Å². The Morgan fingerprint density at radius 3 is 2.12 bits per heavy atom. The third-order valence-corrected chi connectivity index (χ3v) is 2.01. The second-order valence-corrected chi connectivity index (χ2v) is 3.00. The number of methoxy groups -OCH3 is 3. The minimum atomic E-state index is -0.553. The van der Waals surface area contributed by atoms with Gasteiger partial charge in [0.15, 0.2) is 0 Å². The number of nitrogens with zero attached hydrogens (tertiary/aromatic N) is 2. The summed E-state index contributed by atoms with van der Waals surface area (Å²) in [6.45, 7) is 1.25. The Hall–Kier alpha value is -1.76. The van der Waals surface area contributed by atoms with E-state index in [0.717, 1.165) is 4.57 Å². The number of carbonyl (C=O) groups excluding carboxylic acids is 1. The minimum Gasteiger partial charge on any atom is -0.478 e. The number of aromatic nitrogens is 2. The van der Waals surface area contributed by atoms with Gasteiger partial charge in [-0.3, -0.25) is 4.79 Å². The van der Waals surface area contributed by atoms with E-state index in [2.05, 4.69) is 0 Å². The topological polar surface area (TPSA) is 71.7 Å². The van der Waals surface area contributed by atoms with Crippen LogP contribution in [0.25, 0.3) is 0 Å². The van der Waals surface area contributed by atoms with Gasteiger partial charge in [0.1, 0.15) is 6.73 Å². The lowest BCUT2D eigenvalue weighted by molar-refractivity contribution is 0.0916. The van der Waals surface area contributed by atoms with Crippen molar-refractivity contribution in [2.75, 3.05) is 21.3 Å². The predicted octanol–water partition coefficient (Wildman–Crippen LogP) is -0.0690. The fraction of sp³-hybridized carbons (Fsp3) is 0.556. The summed E-state index contributed by atoms with van der Waals surface area (Å²) >= 11 is 0. The maximum atomic E-state index is 11.8. The lowest BCUT2D eigenvalue weighted by atomic mass is 10.6. The number of hydrogen-bond acceptors (Lipinski definition) is 5. The number of imidazole rings is 1. The fourth-order valence-corrected chi connectivity index (χ4v) is 1.40. The van der Waals surface area contributed by atoms with Crippen LogP contribution in [0.1, 0.15) is 11.7 Å². The molecule has 0 saturated heterocycles. The maximum absolute atomic E-state index is 11.8. The molecule has 0 saturated carbocycles. The van der Waals surface area contributed by atoms with Gasteiger partial charge in [-0.25, -0.2) is 9.36 Å². The average Bonchev–Trinajstić information content (AvgIpc) is 2.52. The molecule has 1 rings (SSSR count). The van der Waals surface area contributed by atoms with E-state index in [1.54, 1.807) is 0 Å². The van der Waals surface area contributed by atoms with Gasteiger partial charge >= 0.3 is 5.69 Å². The molecule has 0 radical (unpaired) electrons. The van der Waals surface area contributed by atoms with Gasteiger partial charge < -0.3 is 14.2 Å². The monoisotopic (exact) mass is 230 g/mol.